The highest BCUT2D eigenvalue weighted by molar-refractivity contribution is 7.15. The topological polar surface area (TPSA) is 51.2 Å². The van der Waals surface area contributed by atoms with Crippen LogP contribution in [0.4, 0.5) is 5.13 Å². The minimum absolute atomic E-state index is 0.163. The Bertz CT molecular complexity index is 899. The molecule has 3 rings (SSSR count). The van der Waals surface area contributed by atoms with Crippen molar-refractivity contribution in [3.05, 3.63) is 76.3 Å². The lowest BCUT2D eigenvalue weighted by Gasteiger charge is -2.06. The zero-order chi connectivity index (χ0) is 19.9. The summed E-state index contributed by atoms with van der Waals surface area (Å²) < 4.78 is 5.55. The van der Waals surface area contributed by atoms with Crippen molar-refractivity contribution in [3.8, 4) is 5.75 Å². The Balaban J connectivity index is 1.58. The van der Waals surface area contributed by atoms with Crippen molar-refractivity contribution in [1.29, 1.82) is 0 Å². The van der Waals surface area contributed by atoms with Gasteiger partial charge in [0.15, 0.2) is 5.13 Å². The van der Waals surface area contributed by atoms with Crippen molar-refractivity contribution in [2.45, 2.75) is 39.5 Å². The van der Waals surface area contributed by atoms with Crippen molar-refractivity contribution in [2.24, 2.45) is 0 Å². The lowest BCUT2D eigenvalue weighted by molar-refractivity contribution is 0.102. The average molecular weight is 395 g/mol. The van der Waals surface area contributed by atoms with Crippen LogP contribution in [0.25, 0.3) is 0 Å². The predicted molar refractivity (Wildman–Crippen MR) is 116 cm³/mol. The van der Waals surface area contributed by atoms with Gasteiger partial charge < -0.3 is 4.74 Å². The Morgan fingerprint density at radius 3 is 2.46 bits per heavy atom. The smallest absolute Gasteiger partial charge is 0.257 e. The van der Waals surface area contributed by atoms with Crippen molar-refractivity contribution in [2.75, 3.05) is 11.9 Å². The summed E-state index contributed by atoms with van der Waals surface area (Å²) in [4.78, 5) is 17.9. The van der Waals surface area contributed by atoms with Crippen LogP contribution >= 0.6 is 11.3 Å². The van der Waals surface area contributed by atoms with Crippen molar-refractivity contribution in [3.63, 3.8) is 0 Å². The van der Waals surface area contributed by atoms with Gasteiger partial charge >= 0.3 is 0 Å². The summed E-state index contributed by atoms with van der Waals surface area (Å²) in [5.41, 5.74) is 3.17. The SMILES string of the molecule is CCCOc1ccc(C(=O)Nc2ncc(Cc3ccc(C(C)C)cc3)s2)cc1. The van der Waals surface area contributed by atoms with E-state index in [4.69, 9.17) is 4.74 Å². The van der Waals surface area contributed by atoms with Gasteiger partial charge in [0.25, 0.3) is 5.91 Å². The predicted octanol–water partition coefficient (Wildman–Crippen LogP) is 5.90. The van der Waals surface area contributed by atoms with Gasteiger partial charge in [0.2, 0.25) is 0 Å². The minimum atomic E-state index is -0.163. The van der Waals surface area contributed by atoms with Gasteiger partial charge in [0.1, 0.15) is 5.75 Å². The summed E-state index contributed by atoms with van der Waals surface area (Å²) in [6.45, 7) is 7.12. The summed E-state index contributed by atoms with van der Waals surface area (Å²) in [7, 11) is 0. The number of carbonyl (C=O) groups is 1. The van der Waals surface area contributed by atoms with Crippen LogP contribution in [0.3, 0.4) is 0 Å². The quantitative estimate of drug-likeness (QED) is 0.517. The second-order valence-corrected chi connectivity index (χ2v) is 8.15. The largest absolute Gasteiger partial charge is 0.494 e. The van der Waals surface area contributed by atoms with Gasteiger partial charge in [-0.2, -0.15) is 0 Å². The highest BCUT2D eigenvalue weighted by Gasteiger charge is 2.10. The number of hydrogen-bond acceptors (Lipinski definition) is 4. The van der Waals surface area contributed by atoms with Crippen LogP contribution in [-0.4, -0.2) is 17.5 Å². The van der Waals surface area contributed by atoms with E-state index >= 15 is 0 Å². The van der Waals surface area contributed by atoms with E-state index in [0.717, 1.165) is 23.5 Å². The molecule has 0 radical (unpaired) electrons. The normalized spacial score (nSPS) is 10.9. The Morgan fingerprint density at radius 1 is 1.11 bits per heavy atom. The zero-order valence-electron chi connectivity index (χ0n) is 16.6. The lowest BCUT2D eigenvalue weighted by atomic mass is 10.0. The van der Waals surface area contributed by atoms with Crippen LogP contribution in [0.2, 0.25) is 0 Å². The van der Waals surface area contributed by atoms with E-state index < -0.39 is 0 Å². The number of aromatic nitrogens is 1. The van der Waals surface area contributed by atoms with Gasteiger partial charge in [0.05, 0.1) is 6.61 Å². The molecule has 0 unspecified atom stereocenters. The molecular formula is C23H26N2O2S. The van der Waals surface area contributed by atoms with Crippen LogP contribution < -0.4 is 10.1 Å². The number of ether oxygens (including phenoxy) is 1. The second-order valence-electron chi connectivity index (χ2n) is 7.03. The van der Waals surface area contributed by atoms with Crippen molar-refractivity contribution < 1.29 is 9.53 Å². The Labute approximate surface area is 170 Å². The van der Waals surface area contributed by atoms with Crippen LogP contribution in [0.1, 0.15) is 59.5 Å². The van der Waals surface area contributed by atoms with Gasteiger partial charge in [0, 0.05) is 23.1 Å². The highest BCUT2D eigenvalue weighted by atomic mass is 32.1. The maximum absolute atomic E-state index is 12.4. The number of hydrogen-bond donors (Lipinski definition) is 1. The van der Waals surface area contributed by atoms with Crippen LogP contribution in [0.15, 0.2) is 54.7 Å². The van der Waals surface area contributed by atoms with Crippen molar-refractivity contribution in [1.82, 2.24) is 4.98 Å². The molecule has 0 saturated heterocycles. The third-order valence-corrected chi connectivity index (χ3v) is 5.30. The standard InChI is InChI=1S/C23H26N2O2S/c1-4-13-27-20-11-9-19(10-12-20)22(26)25-23-24-15-21(28-23)14-17-5-7-18(8-6-17)16(2)3/h5-12,15-16H,4,13-14H2,1-3H3,(H,24,25,26). The molecule has 0 bridgehead atoms. The molecule has 4 nitrogen and oxygen atoms in total. The molecule has 28 heavy (non-hydrogen) atoms. The summed E-state index contributed by atoms with van der Waals surface area (Å²) in [5.74, 6) is 1.15. The number of anilines is 1. The first-order valence-corrected chi connectivity index (χ1v) is 10.4. The van der Waals surface area contributed by atoms with E-state index in [1.807, 2.05) is 18.3 Å². The molecule has 0 aliphatic heterocycles. The first-order chi connectivity index (χ1) is 13.5. The van der Waals surface area contributed by atoms with Gasteiger partial charge in [-0.15, -0.1) is 11.3 Å². The summed E-state index contributed by atoms with van der Waals surface area (Å²) in [6.07, 6.45) is 3.60. The minimum Gasteiger partial charge on any atom is -0.494 e. The monoisotopic (exact) mass is 394 g/mol. The third-order valence-electron chi connectivity index (χ3n) is 4.39. The molecule has 1 N–H and O–H groups in total. The molecule has 0 saturated carbocycles. The van der Waals surface area contributed by atoms with Gasteiger partial charge in [-0.1, -0.05) is 45.0 Å². The third kappa shape index (κ3) is 5.42. The van der Waals surface area contributed by atoms with E-state index in [1.165, 1.54) is 22.5 Å². The molecule has 1 heterocycles. The van der Waals surface area contributed by atoms with E-state index in [1.54, 1.807) is 12.1 Å². The van der Waals surface area contributed by atoms with E-state index in [9.17, 15) is 4.79 Å². The molecule has 3 aromatic rings. The summed E-state index contributed by atoms with van der Waals surface area (Å²) >= 11 is 1.51. The van der Waals surface area contributed by atoms with Gasteiger partial charge in [-0.05, 0) is 47.7 Å². The van der Waals surface area contributed by atoms with Crippen molar-refractivity contribution >= 4 is 22.4 Å². The molecule has 146 valence electrons. The van der Waals surface area contributed by atoms with Crippen LogP contribution in [0.5, 0.6) is 5.75 Å². The number of rotatable bonds is 8. The number of nitrogens with zero attached hydrogens (tertiary/aromatic N) is 1. The van der Waals surface area contributed by atoms with E-state index in [2.05, 4.69) is 55.3 Å². The Hall–Kier alpha value is -2.66. The fraction of sp³-hybridized carbons (Fsp3) is 0.304. The maximum atomic E-state index is 12.4. The number of amides is 1. The van der Waals surface area contributed by atoms with Crippen LogP contribution in [0, 0.1) is 0 Å². The molecule has 1 aromatic heterocycles. The number of carbonyl (C=O) groups excluding carboxylic acids is 1. The highest BCUT2D eigenvalue weighted by Crippen LogP contribution is 2.23. The molecular weight excluding hydrogens is 368 g/mol. The fourth-order valence-electron chi connectivity index (χ4n) is 2.76. The molecule has 2 aromatic carbocycles. The Kier molecular flexibility index (Phi) is 6.82. The lowest BCUT2D eigenvalue weighted by Crippen LogP contribution is -2.11. The molecule has 0 spiro atoms. The number of thiazole rings is 1. The summed E-state index contributed by atoms with van der Waals surface area (Å²) in [6, 6.07) is 15.9. The average Bonchev–Trinajstić information content (AvgIpc) is 3.13. The van der Waals surface area contributed by atoms with E-state index in [-0.39, 0.29) is 5.91 Å². The molecule has 0 aliphatic carbocycles. The molecule has 1 amide bonds. The molecule has 0 fully saturated rings. The molecule has 5 heteroatoms. The molecule has 0 aliphatic rings. The molecule has 0 atom stereocenters. The number of benzene rings is 2. The van der Waals surface area contributed by atoms with E-state index in [0.29, 0.717) is 23.2 Å². The van der Waals surface area contributed by atoms with Crippen LogP contribution in [-0.2, 0) is 6.42 Å². The Morgan fingerprint density at radius 2 is 1.82 bits per heavy atom. The first kappa shape index (κ1) is 20.1. The fourth-order valence-corrected chi connectivity index (χ4v) is 3.60. The van der Waals surface area contributed by atoms with Gasteiger partial charge in [-0.25, -0.2) is 4.98 Å². The summed E-state index contributed by atoms with van der Waals surface area (Å²) in [5, 5.41) is 3.49. The maximum Gasteiger partial charge on any atom is 0.257 e. The second kappa shape index (κ2) is 9.51. The zero-order valence-corrected chi connectivity index (χ0v) is 17.4. The first-order valence-electron chi connectivity index (χ1n) is 9.63. The number of nitrogens with one attached hydrogen (secondary N) is 1. The van der Waals surface area contributed by atoms with Gasteiger partial charge in [-0.3, -0.25) is 10.1 Å².